The highest BCUT2D eigenvalue weighted by Crippen LogP contribution is 2.31. The Labute approximate surface area is 186 Å². The molecule has 172 valence electrons. The molecule has 1 aromatic carbocycles. The Hall–Kier alpha value is -2.77. The van der Waals surface area contributed by atoms with E-state index in [9.17, 15) is 18.4 Å². The summed E-state index contributed by atoms with van der Waals surface area (Å²) in [5.41, 5.74) is 0.334. The molecule has 1 saturated heterocycles. The van der Waals surface area contributed by atoms with E-state index >= 15 is 0 Å². The average Bonchev–Trinajstić information content (AvgIpc) is 3.27. The van der Waals surface area contributed by atoms with Gasteiger partial charge in [0.2, 0.25) is 5.91 Å². The van der Waals surface area contributed by atoms with E-state index in [2.05, 4.69) is 10.5 Å². The van der Waals surface area contributed by atoms with Gasteiger partial charge in [-0.2, -0.15) is 0 Å². The molecule has 6 nitrogen and oxygen atoms in total. The van der Waals surface area contributed by atoms with Crippen LogP contribution in [0, 0.1) is 23.5 Å². The summed E-state index contributed by atoms with van der Waals surface area (Å²) in [4.78, 5) is 28.0. The minimum Gasteiger partial charge on any atom is -0.355 e. The van der Waals surface area contributed by atoms with Crippen LogP contribution in [0.1, 0.15) is 62.9 Å². The molecule has 2 heterocycles. The summed E-state index contributed by atoms with van der Waals surface area (Å²) < 4.78 is 32.1. The van der Waals surface area contributed by atoms with Gasteiger partial charge in [-0.1, -0.05) is 38.3 Å². The first-order valence-electron chi connectivity index (χ1n) is 11.4. The fourth-order valence-electron chi connectivity index (χ4n) is 4.82. The molecule has 2 aliphatic rings. The maximum atomic E-state index is 13.6. The van der Waals surface area contributed by atoms with E-state index in [4.69, 9.17) is 4.52 Å². The first kappa shape index (κ1) is 22.4. The number of rotatable bonds is 5. The van der Waals surface area contributed by atoms with Crippen LogP contribution in [0.2, 0.25) is 0 Å². The van der Waals surface area contributed by atoms with Crippen LogP contribution in [0.4, 0.5) is 8.78 Å². The highest BCUT2D eigenvalue weighted by molar-refractivity contribution is 5.97. The first-order valence-corrected chi connectivity index (χ1v) is 11.4. The standard InChI is InChI=1S/C24H29F2N3O3/c1-14(2)10-21-23(30)27-20(15-6-4-3-5-7-15)13-29(21)24(31)19-12-22(32-28-19)16-8-9-17(25)18(26)11-16/h8-9,11-12,14-15,20-21H,3-7,10,13H2,1-2H3,(H,27,30)/t20-,21+/m1/s1. The molecule has 0 radical (unpaired) electrons. The molecule has 1 N–H and O–H groups in total. The maximum absolute atomic E-state index is 13.6. The second kappa shape index (κ2) is 9.38. The van der Waals surface area contributed by atoms with Gasteiger partial charge in [0.05, 0.1) is 0 Å². The molecule has 2 fully saturated rings. The summed E-state index contributed by atoms with van der Waals surface area (Å²) in [6.45, 7) is 4.46. The van der Waals surface area contributed by atoms with Crippen molar-refractivity contribution >= 4 is 11.8 Å². The normalized spacial score (nSPS) is 22.3. The van der Waals surface area contributed by atoms with Crippen LogP contribution in [0.3, 0.4) is 0 Å². The lowest BCUT2D eigenvalue weighted by Gasteiger charge is -2.43. The van der Waals surface area contributed by atoms with Gasteiger partial charge in [-0.3, -0.25) is 9.59 Å². The molecule has 4 rings (SSSR count). The number of piperazine rings is 1. The third kappa shape index (κ3) is 4.69. The van der Waals surface area contributed by atoms with Gasteiger partial charge in [-0.05, 0) is 49.3 Å². The van der Waals surface area contributed by atoms with Crippen molar-refractivity contribution in [3.63, 3.8) is 0 Å². The van der Waals surface area contributed by atoms with Gasteiger partial charge in [-0.15, -0.1) is 0 Å². The molecular weight excluding hydrogens is 416 g/mol. The Bertz CT molecular complexity index is 985. The van der Waals surface area contributed by atoms with Gasteiger partial charge >= 0.3 is 0 Å². The van der Waals surface area contributed by atoms with Crippen LogP contribution in [-0.4, -0.2) is 40.5 Å². The number of carbonyl (C=O) groups excluding carboxylic acids is 2. The highest BCUT2D eigenvalue weighted by atomic mass is 19.2. The van der Waals surface area contributed by atoms with Gasteiger partial charge in [0.25, 0.3) is 5.91 Å². The summed E-state index contributed by atoms with van der Waals surface area (Å²) in [5, 5.41) is 7.05. The third-order valence-electron chi connectivity index (χ3n) is 6.51. The van der Waals surface area contributed by atoms with E-state index in [0.29, 0.717) is 18.9 Å². The van der Waals surface area contributed by atoms with E-state index in [-0.39, 0.29) is 40.8 Å². The van der Waals surface area contributed by atoms with Crippen molar-refractivity contribution in [3.8, 4) is 11.3 Å². The molecule has 8 heteroatoms. The molecule has 1 aliphatic heterocycles. The van der Waals surface area contributed by atoms with Gasteiger partial charge < -0.3 is 14.7 Å². The van der Waals surface area contributed by atoms with Crippen molar-refractivity contribution in [3.05, 3.63) is 41.6 Å². The Morgan fingerprint density at radius 3 is 2.62 bits per heavy atom. The van der Waals surface area contributed by atoms with Crippen molar-refractivity contribution in [2.24, 2.45) is 11.8 Å². The molecule has 0 spiro atoms. The van der Waals surface area contributed by atoms with E-state index in [0.717, 1.165) is 37.8 Å². The van der Waals surface area contributed by atoms with Crippen molar-refractivity contribution < 1.29 is 22.9 Å². The molecule has 32 heavy (non-hydrogen) atoms. The number of hydrogen-bond donors (Lipinski definition) is 1. The number of amides is 2. The van der Waals surface area contributed by atoms with Crippen molar-refractivity contribution in [2.45, 2.75) is 64.5 Å². The quantitative estimate of drug-likeness (QED) is 0.732. The number of benzene rings is 1. The molecule has 0 bridgehead atoms. The Morgan fingerprint density at radius 2 is 1.94 bits per heavy atom. The van der Waals surface area contributed by atoms with Crippen molar-refractivity contribution in [2.75, 3.05) is 6.54 Å². The molecule has 1 saturated carbocycles. The van der Waals surface area contributed by atoms with Crippen LogP contribution in [0.25, 0.3) is 11.3 Å². The van der Waals surface area contributed by atoms with E-state index in [1.807, 2.05) is 13.8 Å². The zero-order chi connectivity index (χ0) is 22.8. The van der Waals surface area contributed by atoms with Crippen molar-refractivity contribution in [1.29, 1.82) is 0 Å². The number of hydrogen-bond acceptors (Lipinski definition) is 4. The number of aromatic nitrogens is 1. The fourth-order valence-corrected chi connectivity index (χ4v) is 4.82. The summed E-state index contributed by atoms with van der Waals surface area (Å²) in [6, 6.07) is 4.13. The lowest BCUT2D eigenvalue weighted by molar-refractivity contribution is -0.131. The smallest absolute Gasteiger partial charge is 0.276 e. The first-order chi connectivity index (χ1) is 15.3. The van der Waals surface area contributed by atoms with Gasteiger partial charge in [-0.25, -0.2) is 8.78 Å². The zero-order valence-electron chi connectivity index (χ0n) is 18.4. The lowest BCUT2D eigenvalue weighted by atomic mass is 9.82. The predicted octanol–water partition coefficient (Wildman–Crippen LogP) is 4.56. The summed E-state index contributed by atoms with van der Waals surface area (Å²) >= 11 is 0. The van der Waals surface area contributed by atoms with E-state index in [1.54, 1.807) is 4.90 Å². The van der Waals surface area contributed by atoms with Crippen LogP contribution >= 0.6 is 0 Å². The molecule has 0 unspecified atom stereocenters. The second-order valence-electron chi connectivity index (χ2n) is 9.32. The Morgan fingerprint density at radius 1 is 1.19 bits per heavy atom. The predicted molar refractivity (Wildman–Crippen MR) is 115 cm³/mol. The number of halogens is 2. The molecular formula is C24H29F2N3O3. The molecule has 1 aromatic heterocycles. The zero-order valence-corrected chi connectivity index (χ0v) is 18.4. The number of carbonyl (C=O) groups is 2. The van der Waals surface area contributed by atoms with Gasteiger partial charge in [0.15, 0.2) is 23.1 Å². The summed E-state index contributed by atoms with van der Waals surface area (Å²) in [5.74, 6) is -1.73. The Kier molecular flexibility index (Phi) is 6.58. The molecule has 1 aliphatic carbocycles. The number of nitrogens with one attached hydrogen (secondary N) is 1. The minimum absolute atomic E-state index is 0.0515. The highest BCUT2D eigenvalue weighted by Gasteiger charge is 2.41. The number of nitrogens with zero attached hydrogens (tertiary/aromatic N) is 2. The second-order valence-corrected chi connectivity index (χ2v) is 9.32. The van der Waals surface area contributed by atoms with Crippen LogP contribution in [0.15, 0.2) is 28.8 Å². The van der Waals surface area contributed by atoms with Crippen LogP contribution in [0.5, 0.6) is 0 Å². The monoisotopic (exact) mass is 445 g/mol. The molecule has 2 aromatic rings. The summed E-state index contributed by atoms with van der Waals surface area (Å²) in [7, 11) is 0. The van der Waals surface area contributed by atoms with Crippen LogP contribution < -0.4 is 5.32 Å². The summed E-state index contributed by atoms with van der Waals surface area (Å²) in [6.07, 6.45) is 6.13. The molecule has 2 atom stereocenters. The van der Waals surface area contributed by atoms with Crippen molar-refractivity contribution in [1.82, 2.24) is 15.4 Å². The lowest BCUT2D eigenvalue weighted by Crippen LogP contribution is -2.63. The van der Waals surface area contributed by atoms with E-state index < -0.39 is 17.7 Å². The van der Waals surface area contributed by atoms with E-state index in [1.165, 1.54) is 18.6 Å². The molecule has 2 amide bonds. The van der Waals surface area contributed by atoms with Gasteiger partial charge in [0, 0.05) is 24.2 Å². The van der Waals surface area contributed by atoms with Gasteiger partial charge in [0.1, 0.15) is 6.04 Å². The maximum Gasteiger partial charge on any atom is 0.276 e. The largest absolute Gasteiger partial charge is 0.355 e. The topological polar surface area (TPSA) is 75.4 Å². The van der Waals surface area contributed by atoms with Crippen LogP contribution in [-0.2, 0) is 4.79 Å². The fraction of sp³-hybridized carbons (Fsp3) is 0.542. The Balaban J connectivity index is 1.58. The third-order valence-corrected chi connectivity index (χ3v) is 6.51. The SMILES string of the molecule is CC(C)C[C@H]1C(=O)N[C@@H](C2CCCCC2)CN1C(=O)c1cc(-c2ccc(F)c(F)c2)on1. The average molecular weight is 446 g/mol. The minimum atomic E-state index is -1.01.